The van der Waals surface area contributed by atoms with Gasteiger partial charge in [-0.25, -0.2) is 9.59 Å². The number of carbonyl (C=O) groups excluding carboxylic acids is 1. The molecular weight excluding hydrogens is 479 g/mol. The molecule has 3 N–H and O–H groups in total. The molecule has 0 radical (unpaired) electrons. The molecule has 0 aromatic carbocycles. The lowest BCUT2D eigenvalue weighted by Gasteiger charge is -2.11. The highest BCUT2D eigenvalue weighted by molar-refractivity contribution is 7.14. The van der Waals surface area contributed by atoms with E-state index < -0.39 is 41.6 Å². The summed E-state index contributed by atoms with van der Waals surface area (Å²) in [6, 6.07) is 3.97. The van der Waals surface area contributed by atoms with Crippen LogP contribution in [0, 0.1) is 0 Å². The summed E-state index contributed by atoms with van der Waals surface area (Å²) in [4.78, 5) is 35.9. The second-order valence-electron chi connectivity index (χ2n) is 7.24. The van der Waals surface area contributed by atoms with Gasteiger partial charge < -0.3 is 19.4 Å². The van der Waals surface area contributed by atoms with Crippen LogP contribution in [0.25, 0.3) is 6.08 Å². The second-order valence-corrected chi connectivity index (χ2v) is 8.32. The molecule has 2 heterocycles. The van der Waals surface area contributed by atoms with E-state index in [0.717, 1.165) is 11.3 Å². The average Bonchev–Trinajstić information content (AvgIpc) is 3.17. The van der Waals surface area contributed by atoms with Crippen LogP contribution in [0.4, 0.5) is 18.0 Å². The first-order chi connectivity index (χ1) is 15.9. The van der Waals surface area contributed by atoms with Crippen LogP contribution < -0.4 is 15.7 Å². The third-order valence-corrected chi connectivity index (χ3v) is 5.40. The van der Waals surface area contributed by atoms with Crippen LogP contribution in [0.15, 0.2) is 45.3 Å². The van der Waals surface area contributed by atoms with Gasteiger partial charge in [0.05, 0.1) is 0 Å². The maximum atomic E-state index is 12.7. The molecule has 0 bridgehead atoms. The van der Waals surface area contributed by atoms with E-state index >= 15 is 0 Å². The minimum absolute atomic E-state index is 0.0121. The molecule has 1 atom stereocenters. The van der Waals surface area contributed by atoms with Gasteiger partial charge in [-0.05, 0) is 43.5 Å². The summed E-state index contributed by atoms with van der Waals surface area (Å²) < 4.78 is 46.6. The lowest BCUT2D eigenvalue weighted by Crippen LogP contribution is -2.18. The van der Waals surface area contributed by atoms with Crippen molar-refractivity contribution in [2.45, 2.75) is 38.8 Å². The Labute approximate surface area is 196 Å². The molecule has 2 aromatic heterocycles. The molecule has 0 aliphatic carbocycles. The van der Waals surface area contributed by atoms with Gasteiger partial charge in [0, 0.05) is 23.1 Å². The van der Waals surface area contributed by atoms with Gasteiger partial charge in [-0.1, -0.05) is 24.3 Å². The zero-order valence-corrected chi connectivity index (χ0v) is 19.0. The van der Waals surface area contributed by atoms with Gasteiger partial charge in [0.15, 0.2) is 17.5 Å². The van der Waals surface area contributed by atoms with E-state index in [1.165, 1.54) is 37.4 Å². The largest absolute Gasteiger partial charge is 0.507 e. The van der Waals surface area contributed by atoms with Gasteiger partial charge in [0.25, 0.3) is 0 Å². The number of amides is 1. The predicted octanol–water partition coefficient (Wildman–Crippen LogP) is 5.30. The van der Waals surface area contributed by atoms with Gasteiger partial charge in [-0.2, -0.15) is 13.2 Å². The van der Waals surface area contributed by atoms with Crippen molar-refractivity contribution in [3.63, 3.8) is 0 Å². The summed E-state index contributed by atoms with van der Waals surface area (Å²) in [6.07, 6.45) is -0.528. The van der Waals surface area contributed by atoms with Crippen LogP contribution in [-0.4, -0.2) is 34.9 Å². The maximum absolute atomic E-state index is 12.7. The number of nitrogens with one attached hydrogen (secondary N) is 1. The number of carboxylic acid groups (broad SMARTS) is 1. The van der Waals surface area contributed by atoms with Gasteiger partial charge in [-0.3, -0.25) is 10.1 Å². The van der Waals surface area contributed by atoms with Crippen molar-refractivity contribution in [3.05, 3.63) is 62.7 Å². The van der Waals surface area contributed by atoms with Crippen LogP contribution in [0.3, 0.4) is 0 Å². The summed E-state index contributed by atoms with van der Waals surface area (Å²) in [6.45, 7) is 1.69. The van der Waals surface area contributed by atoms with Crippen LogP contribution in [0.5, 0.6) is 10.8 Å². The van der Waals surface area contributed by atoms with E-state index in [4.69, 9.17) is 9.52 Å². The van der Waals surface area contributed by atoms with Crippen molar-refractivity contribution in [2.75, 3.05) is 6.61 Å². The van der Waals surface area contributed by atoms with E-state index in [1.54, 1.807) is 13.0 Å². The first kappa shape index (κ1) is 26.7. The Morgan fingerprint density at radius 3 is 2.65 bits per heavy atom. The number of alkyl halides is 3. The number of carbonyl (C=O) groups is 2. The van der Waals surface area contributed by atoms with Crippen molar-refractivity contribution < 1.29 is 42.1 Å². The standard InChI is InChI=1S/C22H22F3NO7S/c1-12(5-3-4-8-26-21(30)31)16-10-15(27)18(20(29)33-16)19(28)13(2)9-14-6-7-17(34-14)32-11-22(23,24)25/h4,6-10,12,26-27H,3,5,11H2,1-2H3,(H,30,31)/b8-4+,13-9?. The van der Waals surface area contributed by atoms with Crippen molar-refractivity contribution in [2.24, 2.45) is 0 Å². The van der Waals surface area contributed by atoms with E-state index in [0.29, 0.717) is 17.7 Å². The topological polar surface area (TPSA) is 126 Å². The summed E-state index contributed by atoms with van der Waals surface area (Å²) in [5.41, 5.74) is -1.52. The molecule has 2 aromatic rings. The second kappa shape index (κ2) is 11.5. The Balaban J connectivity index is 2.11. The number of hydrogen-bond acceptors (Lipinski definition) is 7. The molecule has 0 saturated heterocycles. The predicted molar refractivity (Wildman–Crippen MR) is 118 cm³/mol. The number of allylic oxidation sites excluding steroid dienone is 2. The SMILES string of the molecule is CC(=Cc1ccc(OCC(F)(F)F)s1)C(=O)c1c(O)cc(C(C)CC/C=C/NC(=O)O)oc1=O. The fourth-order valence-corrected chi connectivity index (χ4v) is 3.63. The number of ketones is 1. The lowest BCUT2D eigenvalue weighted by atomic mass is 10.00. The Morgan fingerprint density at radius 2 is 2.03 bits per heavy atom. The number of aromatic hydroxyl groups is 1. The van der Waals surface area contributed by atoms with Crippen LogP contribution in [-0.2, 0) is 0 Å². The smallest absolute Gasteiger partial charge is 0.422 e. The summed E-state index contributed by atoms with van der Waals surface area (Å²) >= 11 is 0.884. The highest BCUT2D eigenvalue weighted by Crippen LogP contribution is 2.30. The first-order valence-corrected chi connectivity index (χ1v) is 10.7. The Bertz CT molecular complexity index is 1150. The van der Waals surface area contributed by atoms with Crippen LogP contribution in [0.1, 0.15) is 53.6 Å². The van der Waals surface area contributed by atoms with Crippen molar-refractivity contribution in [1.82, 2.24) is 5.32 Å². The van der Waals surface area contributed by atoms with E-state index in [2.05, 4.69) is 10.1 Å². The number of Topliss-reactive ketones (excluding diaryl/α,β-unsaturated/α-hetero) is 1. The van der Waals surface area contributed by atoms with Crippen molar-refractivity contribution in [1.29, 1.82) is 0 Å². The van der Waals surface area contributed by atoms with Gasteiger partial charge in [0.2, 0.25) is 0 Å². The minimum atomic E-state index is -4.48. The van der Waals surface area contributed by atoms with Gasteiger partial charge >= 0.3 is 17.9 Å². The average molecular weight is 501 g/mol. The maximum Gasteiger partial charge on any atom is 0.422 e. The molecule has 0 fully saturated rings. The molecule has 1 amide bonds. The first-order valence-electron chi connectivity index (χ1n) is 9.91. The molecule has 0 aliphatic heterocycles. The lowest BCUT2D eigenvalue weighted by molar-refractivity contribution is -0.152. The highest BCUT2D eigenvalue weighted by atomic mass is 32.1. The fraction of sp³-hybridized carbons (Fsp3) is 0.318. The van der Waals surface area contributed by atoms with Crippen LogP contribution >= 0.6 is 11.3 Å². The highest BCUT2D eigenvalue weighted by Gasteiger charge is 2.28. The minimum Gasteiger partial charge on any atom is -0.507 e. The summed E-state index contributed by atoms with van der Waals surface area (Å²) in [7, 11) is 0. The molecule has 0 spiro atoms. The molecule has 2 rings (SSSR count). The van der Waals surface area contributed by atoms with E-state index in [9.17, 15) is 32.7 Å². The normalized spacial score (nSPS) is 13.1. The van der Waals surface area contributed by atoms with E-state index in [-0.39, 0.29) is 22.3 Å². The summed E-state index contributed by atoms with van der Waals surface area (Å²) in [5, 5.41) is 20.9. The molecule has 184 valence electrons. The molecular formula is C22H22F3NO7S. The van der Waals surface area contributed by atoms with Gasteiger partial charge in [-0.15, -0.1) is 0 Å². The van der Waals surface area contributed by atoms with E-state index in [1.807, 2.05) is 0 Å². The number of rotatable bonds is 10. The fourth-order valence-electron chi connectivity index (χ4n) is 2.77. The van der Waals surface area contributed by atoms with Crippen LogP contribution in [0.2, 0.25) is 0 Å². The molecule has 8 nitrogen and oxygen atoms in total. The van der Waals surface area contributed by atoms with Crippen molar-refractivity contribution >= 4 is 29.3 Å². The number of halogens is 3. The molecule has 12 heteroatoms. The number of hydrogen-bond donors (Lipinski definition) is 3. The molecule has 1 unspecified atom stereocenters. The molecule has 0 saturated carbocycles. The third-order valence-electron chi connectivity index (χ3n) is 4.45. The quantitative estimate of drug-likeness (QED) is 0.298. The zero-order chi connectivity index (χ0) is 25.5. The Kier molecular flexibility index (Phi) is 9.07. The number of ether oxygens (including phenoxy) is 1. The monoisotopic (exact) mass is 501 g/mol. The molecule has 34 heavy (non-hydrogen) atoms. The molecule has 0 aliphatic rings. The number of thiophene rings is 1. The van der Waals surface area contributed by atoms with Crippen molar-refractivity contribution in [3.8, 4) is 10.8 Å². The van der Waals surface area contributed by atoms with Gasteiger partial charge in [0.1, 0.15) is 17.1 Å². The zero-order valence-electron chi connectivity index (χ0n) is 18.1. The summed E-state index contributed by atoms with van der Waals surface area (Å²) in [5.74, 6) is -1.50. The Morgan fingerprint density at radius 1 is 1.32 bits per heavy atom. The Hall–Kier alpha value is -3.54. The third kappa shape index (κ3) is 8.10.